The molecule has 2 aliphatic rings. The van der Waals surface area contributed by atoms with Gasteiger partial charge >= 0.3 is 5.97 Å². The second kappa shape index (κ2) is 7.46. The Labute approximate surface area is 162 Å². The predicted octanol–water partition coefficient (Wildman–Crippen LogP) is 2.44. The number of hydrogen-bond donors (Lipinski definition) is 1. The van der Waals surface area contributed by atoms with Crippen molar-refractivity contribution in [1.29, 1.82) is 0 Å². The third kappa shape index (κ3) is 3.49. The van der Waals surface area contributed by atoms with Crippen LogP contribution in [-0.4, -0.2) is 22.8 Å². The van der Waals surface area contributed by atoms with Crippen LogP contribution in [0.3, 0.4) is 0 Å². The molecule has 0 amide bonds. The molecule has 8 heteroatoms. The molecule has 1 aromatic carbocycles. The number of fused-ring (bicyclic) bond motifs is 1. The zero-order valence-corrected chi connectivity index (χ0v) is 15.9. The summed E-state index contributed by atoms with van der Waals surface area (Å²) in [6.07, 6.45) is 2.44. The summed E-state index contributed by atoms with van der Waals surface area (Å²) in [7, 11) is 0. The van der Waals surface area contributed by atoms with Crippen LogP contribution in [0.4, 0.5) is 5.69 Å². The summed E-state index contributed by atoms with van der Waals surface area (Å²) >= 11 is 0. The zero-order chi connectivity index (χ0) is 20.6. The van der Waals surface area contributed by atoms with Gasteiger partial charge in [-0.05, 0) is 38.5 Å². The third-order valence-corrected chi connectivity index (χ3v) is 4.92. The van der Waals surface area contributed by atoms with Crippen molar-refractivity contribution in [3.05, 3.63) is 56.9 Å². The Bertz CT molecular complexity index is 915. The molecule has 28 heavy (non-hydrogen) atoms. The molecular weight excluding hydrogens is 364 g/mol. The number of nitro groups is 1. The SMILES string of the molecule is CC1=C(C(=O)OC(C)C)C(c2ccc([O-])c([N+](=O)[O-])c2)C2C(=O)CCC=C2N1. The van der Waals surface area contributed by atoms with Crippen LogP contribution in [-0.2, 0) is 14.3 Å². The minimum atomic E-state index is -0.758. The number of rotatable bonds is 4. The molecular formula is C20H21N2O6-. The number of allylic oxidation sites excluding steroid dienone is 3. The van der Waals surface area contributed by atoms with E-state index in [1.54, 1.807) is 20.8 Å². The fourth-order valence-corrected chi connectivity index (χ4v) is 3.79. The fraction of sp³-hybridized carbons (Fsp3) is 0.400. The number of benzene rings is 1. The molecule has 8 nitrogen and oxygen atoms in total. The largest absolute Gasteiger partial charge is 0.868 e. The maximum absolute atomic E-state index is 12.8. The molecule has 0 bridgehead atoms. The summed E-state index contributed by atoms with van der Waals surface area (Å²) in [4.78, 5) is 36.1. The van der Waals surface area contributed by atoms with Gasteiger partial charge in [0.2, 0.25) is 0 Å². The monoisotopic (exact) mass is 385 g/mol. The van der Waals surface area contributed by atoms with Crippen molar-refractivity contribution in [2.24, 2.45) is 5.92 Å². The molecule has 0 saturated carbocycles. The summed E-state index contributed by atoms with van der Waals surface area (Å²) in [5, 5.41) is 26.2. The van der Waals surface area contributed by atoms with Crippen LogP contribution < -0.4 is 10.4 Å². The lowest BCUT2D eigenvalue weighted by molar-refractivity contribution is -0.398. The van der Waals surface area contributed by atoms with E-state index in [-0.39, 0.29) is 17.5 Å². The summed E-state index contributed by atoms with van der Waals surface area (Å²) in [5.74, 6) is -2.81. The van der Waals surface area contributed by atoms with Gasteiger partial charge in [0, 0.05) is 29.8 Å². The molecule has 0 aromatic heterocycles. The number of carbonyl (C=O) groups is 2. The van der Waals surface area contributed by atoms with Crippen LogP contribution in [0.25, 0.3) is 0 Å². The van der Waals surface area contributed by atoms with Gasteiger partial charge in [0.05, 0.1) is 22.5 Å². The molecule has 0 saturated heterocycles. The molecule has 1 aromatic rings. The van der Waals surface area contributed by atoms with Crippen LogP contribution in [0.2, 0.25) is 0 Å². The van der Waals surface area contributed by atoms with Gasteiger partial charge in [-0.15, -0.1) is 0 Å². The van der Waals surface area contributed by atoms with Gasteiger partial charge in [0.25, 0.3) is 5.69 Å². The second-order valence-corrected chi connectivity index (χ2v) is 7.22. The van der Waals surface area contributed by atoms with E-state index in [0.717, 1.165) is 12.1 Å². The summed E-state index contributed by atoms with van der Waals surface area (Å²) in [6.45, 7) is 5.14. The first-order valence-electron chi connectivity index (χ1n) is 9.07. The van der Waals surface area contributed by atoms with Crippen LogP contribution in [0, 0.1) is 16.0 Å². The summed E-state index contributed by atoms with van der Waals surface area (Å²) in [6, 6.07) is 3.71. The lowest BCUT2D eigenvalue weighted by Crippen LogP contribution is -2.41. The Kier molecular flexibility index (Phi) is 5.22. The van der Waals surface area contributed by atoms with E-state index >= 15 is 0 Å². The first-order valence-corrected chi connectivity index (χ1v) is 9.07. The second-order valence-electron chi connectivity index (χ2n) is 7.22. The molecule has 2 unspecified atom stereocenters. The highest BCUT2D eigenvalue weighted by molar-refractivity contribution is 5.96. The quantitative estimate of drug-likeness (QED) is 0.480. The number of Topliss-reactive ketones (excluding diaryl/α,β-unsaturated/α-hetero) is 1. The number of nitrogens with zero attached hydrogens (tertiary/aromatic N) is 1. The highest BCUT2D eigenvalue weighted by Gasteiger charge is 2.43. The minimum absolute atomic E-state index is 0.0637. The lowest BCUT2D eigenvalue weighted by atomic mass is 9.71. The predicted molar refractivity (Wildman–Crippen MR) is 98.2 cm³/mol. The molecule has 0 spiro atoms. The van der Waals surface area contributed by atoms with Crippen molar-refractivity contribution in [2.45, 2.75) is 45.6 Å². The minimum Gasteiger partial charge on any atom is -0.868 e. The molecule has 1 N–H and O–H groups in total. The Balaban J connectivity index is 2.20. The molecule has 1 aliphatic carbocycles. The number of carbonyl (C=O) groups excluding carboxylic acids is 2. The molecule has 3 rings (SSSR count). The summed E-state index contributed by atoms with van der Waals surface area (Å²) < 4.78 is 5.37. The first-order chi connectivity index (χ1) is 13.2. The van der Waals surface area contributed by atoms with Gasteiger partial charge in [-0.3, -0.25) is 14.9 Å². The van der Waals surface area contributed by atoms with Crippen LogP contribution in [0.15, 0.2) is 41.2 Å². The van der Waals surface area contributed by atoms with Crippen molar-refractivity contribution in [3.63, 3.8) is 0 Å². The van der Waals surface area contributed by atoms with Gasteiger partial charge < -0.3 is 15.2 Å². The molecule has 1 aliphatic heterocycles. The number of hydrogen-bond acceptors (Lipinski definition) is 7. The highest BCUT2D eigenvalue weighted by atomic mass is 16.6. The maximum Gasteiger partial charge on any atom is 0.336 e. The molecule has 0 fully saturated rings. The number of ketones is 1. The standard InChI is InChI=1S/C20H22N2O6/c1-10(2)28-20(25)17-11(3)21-13-5-4-6-16(24)19(13)18(17)12-7-8-15(23)14(9-12)22(26)27/h5,7-10,18-19,21,23H,4,6H2,1-3H3/p-1. The number of ether oxygens (including phenoxy) is 1. The van der Waals surface area contributed by atoms with Gasteiger partial charge in [-0.25, -0.2) is 4.79 Å². The van der Waals surface area contributed by atoms with Crippen LogP contribution in [0.5, 0.6) is 5.75 Å². The van der Waals surface area contributed by atoms with Crippen molar-refractivity contribution < 1.29 is 24.4 Å². The normalized spacial score (nSPS) is 21.7. The Morgan fingerprint density at radius 3 is 2.68 bits per heavy atom. The number of nitrogens with one attached hydrogen (secondary N) is 1. The average Bonchev–Trinajstić information content (AvgIpc) is 2.60. The first kappa shape index (κ1) is 19.6. The highest BCUT2D eigenvalue weighted by Crippen LogP contribution is 2.45. The smallest absolute Gasteiger partial charge is 0.336 e. The average molecular weight is 385 g/mol. The van der Waals surface area contributed by atoms with Crippen LogP contribution >= 0.6 is 0 Å². The topological polar surface area (TPSA) is 122 Å². The van der Waals surface area contributed by atoms with E-state index in [1.807, 2.05) is 6.08 Å². The van der Waals surface area contributed by atoms with E-state index in [1.165, 1.54) is 6.07 Å². The van der Waals surface area contributed by atoms with E-state index in [2.05, 4.69) is 5.32 Å². The Morgan fingerprint density at radius 2 is 2.04 bits per heavy atom. The van der Waals surface area contributed by atoms with Gasteiger partial charge in [-0.2, -0.15) is 0 Å². The molecule has 148 valence electrons. The van der Waals surface area contributed by atoms with Gasteiger partial charge in [-0.1, -0.05) is 18.2 Å². The number of esters is 1. The van der Waals surface area contributed by atoms with Crippen molar-refractivity contribution in [1.82, 2.24) is 5.32 Å². The molecule has 1 heterocycles. The molecule has 2 atom stereocenters. The lowest BCUT2D eigenvalue weighted by Gasteiger charge is -2.38. The van der Waals surface area contributed by atoms with E-state index in [9.17, 15) is 24.8 Å². The maximum atomic E-state index is 12.8. The van der Waals surface area contributed by atoms with Crippen LogP contribution in [0.1, 0.15) is 45.1 Å². The van der Waals surface area contributed by atoms with Crippen molar-refractivity contribution in [2.75, 3.05) is 0 Å². The molecule has 0 radical (unpaired) electrons. The third-order valence-electron chi connectivity index (χ3n) is 4.92. The van der Waals surface area contributed by atoms with Gasteiger partial charge in [0.15, 0.2) is 0 Å². The Morgan fingerprint density at radius 1 is 1.32 bits per heavy atom. The van der Waals surface area contributed by atoms with E-state index < -0.39 is 34.2 Å². The fourth-order valence-electron chi connectivity index (χ4n) is 3.79. The Hall–Kier alpha value is -3.16. The summed E-state index contributed by atoms with van der Waals surface area (Å²) in [5.41, 5.74) is 1.24. The van der Waals surface area contributed by atoms with Gasteiger partial charge in [0.1, 0.15) is 5.78 Å². The van der Waals surface area contributed by atoms with E-state index in [4.69, 9.17) is 4.74 Å². The van der Waals surface area contributed by atoms with E-state index in [0.29, 0.717) is 29.8 Å². The zero-order valence-electron chi connectivity index (χ0n) is 15.9. The van der Waals surface area contributed by atoms with Crippen molar-refractivity contribution >= 4 is 17.4 Å². The van der Waals surface area contributed by atoms with Crippen molar-refractivity contribution in [3.8, 4) is 5.75 Å². The number of nitro benzene ring substituents is 1.